The fraction of sp³-hybridized carbons (Fsp3) is 0.0667. The number of amides is 1. The van der Waals surface area contributed by atoms with Crippen LogP contribution in [0.1, 0.15) is 10.4 Å². The molecule has 0 saturated heterocycles. The van der Waals surface area contributed by atoms with Crippen molar-refractivity contribution in [3.8, 4) is 17.0 Å². The van der Waals surface area contributed by atoms with Crippen molar-refractivity contribution >= 4 is 33.3 Å². The van der Waals surface area contributed by atoms with Crippen molar-refractivity contribution in [3.05, 3.63) is 42.4 Å². The van der Waals surface area contributed by atoms with E-state index in [1.165, 1.54) is 24.7 Å². The van der Waals surface area contributed by atoms with Gasteiger partial charge in [-0.25, -0.2) is 13.4 Å². The zero-order valence-electron chi connectivity index (χ0n) is 14.3. The number of phenolic OH excluding ortho intramolecular Hbond substituents is 1. The van der Waals surface area contributed by atoms with Crippen LogP contribution in [-0.4, -0.2) is 45.4 Å². The first kappa shape index (κ1) is 19.9. The Kier molecular flexibility index (Phi) is 5.27. The molecule has 0 fully saturated rings. The Labute approximate surface area is 162 Å². The number of aromatic hydroxyl groups is 1. The number of primary amides is 1. The van der Waals surface area contributed by atoms with E-state index in [-0.39, 0.29) is 22.6 Å². The molecule has 0 spiro atoms. The van der Waals surface area contributed by atoms with E-state index in [1.54, 1.807) is 4.72 Å². The average Bonchev–Trinajstić information content (AvgIpc) is 3.07. The average molecular weight is 425 g/mol. The lowest BCUT2D eigenvalue weighted by molar-refractivity contribution is 0.100. The number of nitrogens with zero attached hydrogens (tertiary/aromatic N) is 3. The van der Waals surface area contributed by atoms with Gasteiger partial charge in [0.2, 0.25) is 0 Å². The first-order valence-corrected chi connectivity index (χ1v) is 9.28. The third-order valence-corrected chi connectivity index (χ3v) is 4.56. The van der Waals surface area contributed by atoms with E-state index < -0.39 is 33.1 Å². The van der Waals surface area contributed by atoms with Crippen molar-refractivity contribution in [3.63, 3.8) is 0 Å². The van der Waals surface area contributed by atoms with Crippen LogP contribution in [0.15, 0.2) is 36.8 Å². The summed E-state index contributed by atoms with van der Waals surface area (Å²) >= 11 is 0. The van der Waals surface area contributed by atoms with Crippen molar-refractivity contribution in [1.82, 2.24) is 20.2 Å². The highest BCUT2D eigenvalue weighted by atomic mass is 32.2. The van der Waals surface area contributed by atoms with Crippen molar-refractivity contribution < 1.29 is 27.1 Å². The predicted molar refractivity (Wildman–Crippen MR) is 98.1 cm³/mol. The number of aromatic nitrogens is 4. The number of halogens is 2. The van der Waals surface area contributed by atoms with Crippen molar-refractivity contribution in [1.29, 1.82) is 0 Å². The van der Waals surface area contributed by atoms with Crippen molar-refractivity contribution in [2.24, 2.45) is 5.73 Å². The van der Waals surface area contributed by atoms with Gasteiger partial charge < -0.3 is 16.2 Å². The van der Waals surface area contributed by atoms with E-state index in [1.807, 2.05) is 0 Å². The molecule has 0 saturated carbocycles. The molecule has 1 aromatic carbocycles. The number of nitrogens with two attached hydrogens (primary N) is 1. The molecule has 0 aliphatic rings. The zero-order chi connectivity index (χ0) is 21.2. The molecule has 3 rings (SSSR count). The van der Waals surface area contributed by atoms with Crippen LogP contribution in [0.2, 0.25) is 0 Å². The summed E-state index contributed by atoms with van der Waals surface area (Å²) in [5.74, 6) is -4.79. The number of rotatable bonds is 7. The Balaban J connectivity index is 1.97. The third kappa shape index (κ3) is 4.21. The molecule has 1 amide bonds. The van der Waals surface area contributed by atoms with Gasteiger partial charge in [-0.2, -0.15) is 13.9 Å². The van der Waals surface area contributed by atoms with Crippen LogP contribution in [0, 0.1) is 0 Å². The lowest BCUT2D eigenvalue weighted by atomic mass is 10.1. The van der Waals surface area contributed by atoms with E-state index in [0.29, 0.717) is 5.82 Å². The molecule has 0 bridgehead atoms. The topological polar surface area (TPSA) is 176 Å². The standard InChI is InChI=1S/C15H13F2N7O4S/c16-15(17)29(27,28)24-8-2-1-7(5-9(8)25)12-11(13(18)26)14(23-22-12)21-10-6-19-3-4-20-10/h1-6,15,24-25H,(H2,18,26)(H2,20,21,22,23). The molecular formula is C15H13F2N7O4S. The maximum absolute atomic E-state index is 12.5. The molecule has 2 heterocycles. The fourth-order valence-corrected chi connectivity index (χ4v) is 2.90. The van der Waals surface area contributed by atoms with Crippen LogP contribution in [0.25, 0.3) is 11.3 Å². The van der Waals surface area contributed by atoms with E-state index in [2.05, 4.69) is 25.5 Å². The number of carbonyl (C=O) groups is 1. The molecule has 2 aromatic heterocycles. The summed E-state index contributed by atoms with van der Waals surface area (Å²) < 4.78 is 49.0. The lowest BCUT2D eigenvalue weighted by Crippen LogP contribution is -2.20. The summed E-state index contributed by atoms with van der Waals surface area (Å²) in [6.45, 7) is 0. The zero-order valence-corrected chi connectivity index (χ0v) is 15.1. The Bertz CT molecular complexity index is 1150. The van der Waals surface area contributed by atoms with Gasteiger partial charge in [0.1, 0.15) is 28.6 Å². The van der Waals surface area contributed by atoms with Gasteiger partial charge in [-0.05, 0) is 12.1 Å². The minimum Gasteiger partial charge on any atom is -0.506 e. The largest absolute Gasteiger partial charge is 0.506 e. The molecule has 14 heteroatoms. The Hall–Kier alpha value is -3.81. The number of carbonyl (C=O) groups excluding carboxylic acids is 1. The van der Waals surface area contributed by atoms with Crippen LogP contribution in [0.5, 0.6) is 5.75 Å². The molecule has 0 aliphatic carbocycles. The number of alkyl halides is 2. The smallest absolute Gasteiger partial charge is 0.355 e. The van der Waals surface area contributed by atoms with E-state index in [9.17, 15) is 27.1 Å². The predicted octanol–water partition coefficient (Wildman–Crippen LogP) is 1.38. The van der Waals surface area contributed by atoms with Crippen LogP contribution in [0.3, 0.4) is 0 Å². The summed E-state index contributed by atoms with van der Waals surface area (Å²) in [7, 11) is -4.97. The molecular weight excluding hydrogens is 412 g/mol. The van der Waals surface area contributed by atoms with E-state index >= 15 is 0 Å². The highest BCUT2D eigenvalue weighted by Gasteiger charge is 2.26. The van der Waals surface area contributed by atoms with Gasteiger partial charge in [0.05, 0.1) is 11.9 Å². The molecule has 0 unspecified atom stereocenters. The molecule has 3 aromatic rings. The second-order valence-corrected chi connectivity index (χ2v) is 7.19. The highest BCUT2D eigenvalue weighted by molar-refractivity contribution is 7.93. The first-order valence-electron chi connectivity index (χ1n) is 7.73. The first-order chi connectivity index (χ1) is 13.7. The van der Waals surface area contributed by atoms with Crippen LogP contribution in [0.4, 0.5) is 26.1 Å². The highest BCUT2D eigenvalue weighted by Crippen LogP contribution is 2.34. The summed E-state index contributed by atoms with van der Waals surface area (Å²) in [5.41, 5.74) is 5.08. The van der Waals surface area contributed by atoms with Gasteiger partial charge in [0.15, 0.2) is 0 Å². The van der Waals surface area contributed by atoms with Gasteiger partial charge in [-0.15, -0.1) is 0 Å². The van der Waals surface area contributed by atoms with Gasteiger partial charge >= 0.3 is 5.76 Å². The molecule has 152 valence electrons. The molecule has 0 aliphatic heterocycles. The normalized spacial score (nSPS) is 11.4. The van der Waals surface area contributed by atoms with Crippen LogP contribution >= 0.6 is 0 Å². The summed E-state index contributed by atoms with van der Waals surface area (Å²) in [6.07, 6.45) is 4.26. The Morgan fingerprint density at radius 1 is 1.28 bits per heavy atom. The number of hydrogen-bond acceptors (Lipinski definition) is 8. The summed E-state index contributed by atoms with van der Waals surface area (Å²) in [5, 5.41) is 19.3. The van der Waals surface area contributed by atoms with Gasteiger partial charge in [-0.3, -0.25) is 19.6 Å². The molecule has 0 radical (unpaired) electrons. The number of phenols is 1. The number of hydrogen-bond donors (Lipinski definition) is 5. The number of benzene rings is 1. The minimum atomic E-state index is -4.97. The van der Waals surface area contributed by atoms with Gasteiger partial charge in [0, 0.05) is 18.0 Å². The number of anilines is 3. The number of H-pyrrole nitrogens is 1. The maximum Gasteiger partial charge on any atom is 0.355 e. The van der Waals surface area contributed by atoms with Crippen LogP contribution < -0.4 is 15.8 Å². The lowest BCUT2D eigenvalue weighted by Gasteiger charge is -2.10. The summed E-state index contributed by atoms with van der Waals surface area (Å²) in [6, 6.07) is 3.34. The van der Waals surface area contributed by atoms with Crippen molar-refractivity contribution in [2.45, 2.75) is 5.76 Å². The second kappa shape index (κ2) is 7.67. The Morgan fingerprint density at radius 2 is 2.03 bits per heavy atom. The molecule has 0 atom stereocenters. The SMILES string of the molecule is NC(=O)c1c(-c2ccc(NS(=O)(=O)C(F)F)c(O)c2)n[nH]c1Nc1cnccn1. The van der Waals surface area contributed by atoms with E-state index in [0.717, 1.165) is 12.1 Å². The fourth-order valence-electron chi connectivity index (χ4n) is 2.34. The molecule has 11 nitrogen and oxygen atoms in total. The second-order valence-electron chi connectivity index (χ2n) is 5.54. The Morgan fingerprint density at radius 3 is 2.62 bits per heavy atom. The molecule has 6 N–H and O–H groups in total. The quantitative estimate of drug-likeness (QED) is 0.353. The van der Waals surface area contributed by atoms with Crippen molar-refractivity contribution in [2.75, 3.05) is 10.0 Å². The van der Waals surface area contributed by atoms with E-state index in [4.69, 9.17) is 5.73 Å². The number of nitrogens with one attached hydrogen (secondary N) is 3. The summed E-state index contributed by atoms with van der Waals surface area (Å²) in [4.78, 5) is 19.8. The van der Waals surface area contributed by atoms with Gasteiger partial charge in [-0.1, -0.05) is 6.07 Å². The monoisotopic (exact) mass is 425 g/mol. The minimum absolute atomic E-state index is 0.0301. The number of sulfonamides is 1. The van der Waals surface area contributed by atoms with Gasteiger partial charge in [0.25, 0.3) is 15.9 Å². The number of aromatic amines is 1. The molecule has 29 heavy (non-hydrogen) atoms. The van der Waals surface area contributed by atoms with Crippen LogP contribution in [-0.2, 0) is 10.0 Å². The maximum atomic E-state index is 12.5. The third-order valence-electron chi connectivity index (χ3n) is 3.59.